The number of benzene rings is 1. The van der Waals surface area contributed by atoms with E-state index >= 15 is 0 Å². The molecule has 1 aromatic rings. The molecule has 0 spiro atoms. The van der Waals surface area contributed by atoms with Gasteiger partial charge in [-0.25, -0.2) is 4.79 Å². The Hall–Kier alpha value is -2.09. The minimum atomic E-state index is -5.21. The van der Waals surface area contributed by atoms with E-state index in [2.05, 4.69) is 6.58 Å². The Labute approximate surface area is 193 Å². The molecule has 0 bridgehead atoms. The summed E-state index contributed by atoms with van der Waals surface area (Å²) in [5.74, 6) is 0. The second-order valence-corrected chi connectivity index (χ2v) is 9.53. The van der Waals surface area contributed by atoms with Crippen molar-refractivity contribution < 1.29 is 36.3 Å². The number of allylic oxidation sites excluding steroid dienone is 2. The average Bonchev–Trinajstić information content (AvgIpc) is 2.75. The van der Waals surface area contributed by atoms with Crippen LogP contribution in [0.2, 0.25) is 0 Å². The molecule has 0 aliphatic heterocycles. The van der Waals surface area contributed by atoms with Crippen LogP contribution >= 0.6 is 7.60 Å². The van der Waals surface area contributed by atoms with Crippen LogP contribution in [0.25, 0.3) is 0 Å². The molecule has 10 heteroatoms. The average molecular weight is 491 g/mol. The molecule has 1 rings (SSSR count). The molecule has 6 nitrogen and oxygen atoms in total. The number of halogens is 3. The van der Waals surface area contributed by atoms with Crippen LogP contribution in [0.3, 0.4) is 0 Å². The lowest BCUT2D eigenvalue weighted by atomic mass is 10.1. The van der Waals surface area contributed by atoms with E-state index in [1.165, 1.54) is 19.9 Å². The van der Waals surface area contributed by atoms with E-state index in [4.69, 9.17) is 13.8 Å². The smallest absolute Gasteiger partial charge is 0.423 e. The lowest BCUT2D eigenvalue weighted by molar-refractivity contribution is -0.174. The third-order valence-electron chi connectivity index (χ3n) is 4.62. The van der Waals surface area contributed by atoms with Gasteiger partial charge in [-0.3, -0.25) is 9.88 Å². The molecule has 1 aromatic carbocycles. The van der Waals surface area contributed by atoms with Crippen molar-refractivity contribution in [2.45, 2.75) is 64.5 Å². The highest BCUT2D eigenvalue weighted by Gasteiger charge is 2.69. The van der Waals surface area contributed by atoms with Crippen molar-refractivity contribution in [1.29, 1.82) is 0 Å². The summed E-state index contributed by atoms with van der Waals surface area (Å²) < 4.78 is 72.3. The molecule has 0 saturated heterocycles. The minimum Gasteiger partial charge on any atom is -0.445 e. The van der Waals surface area contributed by atoms with Crippen molar-refractivity contribution in [3.63, 3.8) is 0 Å². The number of carbonyl (C=O) groups is 1. The largest absolute Gasteiger partial charge is 0.445 e. The summed E-state index contributed by atoms with van der Waals surface area (Å²) in [7, 11) is -4.96. The van der Waals surface area contributed by atoms with Gasteiger partial charge >= 0.3 is 19.9 Å². The zero-order valence-corrected chi connectivity index (χ0v) is 20.2. The fraction of sp³-hybridized carbons (Fsp3) is 0.522. The number of alkyl carbamates (subject to hydrolysis) is 1. The maximum absolute atomic E-state index is 14.6. The predicted molar refractivity (Wildman–Crippen MR) is 122 cm³/mol. The molecular weight excluding hydrogens is 458 g/mol. The summed E-state index contributed by atoms with van der Waals surface area (Å²) in [6.07, 6.45) is -2.01. The van der Waals surface area contributed by atoms with Gasteiger partial charge < -0.3 is 13.8 Å². The summed E-state index contributed by atoms with van der Waals surface area (Å²) in [5, 5.41) is -1.59. The standard InChI is InChI=1S/C23H33F3NO5P/c1-5-8-9-11-14-19(4)17-22(23(24,25)26,33(29,31-6-2)32-7-3)27-21(28)30-18-20-15-12-10-13-16-20/h10-16H,4-9,17-18H2,1-3H3,(H,27,28)/b14-11+. The second kappa shape index (κ2) is 13.6. The van der Waals surface area contributed by atoms with E-state index in [-0.39, 0.29) is 25.4 Å². The highest BCUT2D eigenvalue weighted by molar-refractivity contribution is 7.55. The Bertz CT molecular complexity index is 819. The molecule has 1 atom stereocenters. The van der Waals surface area contributed by atoms with Crippen LogP contribution in [0.5, 0.6) is 0 Å². The zero-order chi connectivity index (χ0) is 25.0. The molecule has 1 N–H and O–H groups in total. The van der Waals surface area contributed by atoms with Crippen LogP contribution in [0.1, 0.15) is 52.0 Å². The van der Waals surface area contributed by atoms with E-state index in [1.807, 2.05) is 6.92 Å². The van der Waals surface area contributed by atoms with Gasteiger partial charge in [-0.2, -0.15) is 13.2 Å². The first-order chi connectivity index (χ1) is 15.5. The van der Waals surface area contributed by atoms with E-state index in [1.54, 1.807) is 41.7 Å². The van der Waals surface area contributed by atoms with Gasteiger partial charge in [-0.1, -0.05) is 74.4 Å². The van der Waals surface area contributed by atoms with Gasteiger partial charge in [0, 0.05) is 6.42 Å². The Morgan fingerprint density at radius 3 is 2.24 bits per heavy atom. The number of unbranched alkanes of at least 4 members (excludes halogenated alkanes) is 2. The summed E-state index contributed by atoms with van der Waals surface area (Å²) in [4.78, 5) is 12.5. The molecule has 0 radical (unpaired) electrons. The number of ether oxygens (including phenoxy) is 1. The van der Waals surface area contributed by atoms with Gasteiger partial charge in [0.1, 0.15) is 6.61 Å². The molecule has 1 unspecified atom stereocenters. The van der Waals surface area contributed by atoms with Crippen molar-refractivity contribution in [2.75, 3.05) is 13.2 Å². The minimum absolute atomic E-state index is 0.00594. The maximum Gasteiger partial charge on any atom is 0.423 e. The fourth-order valence-electron chi connectivity index (χ4n) is 3.02. The molecule has 0 aliphatic rings. The van der Waals surface area contributed by atoms with E-state index in [9.17, 15) is 22.5 Å². The van der Waals surface area contributed by atoms with Crippen LogP contribution in [-0.4, -0.2) is 30.8 Å². The Morgan fingerprint density at radius 2 is 1.73 bits per heavy atom. The van der Waals surface area contributed by atoms with Crippen LogP contribution in [0.15, 0.2) is 54.6 Å². The lowest BCUT2D eigenvalue weighted by Gasteiger charge is -2.40. The van der Waals surface area contributed by atoms with Gasteiger partial charge in [-0.05, 0) is 25.8 Å². The monoisotopic (exact) mass is 491 g/mol. The van der Waals surface area contributed by atoms with E-state index < -0.39 is 31.6 Å². The Kier molecular flexibility index (Phi) is 11.9. The molecule has 0 aliphatic carbocycles. The van der Waals surface area contributed by atoms with Crippen molar-refractivity contribution in [3.05, 3.63) is 60.2 Å². The number of rotatable bonds is 14. The van der Waals surface area contributed by atoms with Gasteiger partial charge in [-0.15, -0.1) is 0 Å². The third kappa shape index (κ3) is 8.32. The number of amides is 1. The molecule has 0 heterocycles. The molecule has 1 amide bonds. The third-order valence-corrected chi connectivity index (χ3v) is 7.27. The molecule has 0 fully saturated rings. The van der Waals surface area contributed by atoms with Crippen molar-refractivity contribution in [2.24, 2.45) is 0 Å². The maximum atomic E-state index is 14.6. The summed E-state index contributed by atoms with van der Waals surface area (Å²) in [6.45, 7) is 7.52. The molecule has 33 heavy (non-hydrogen) atoms. The van der Waals surface area contributed by atoms with Crippen LogP contribution in [-0.2, 0) is 25.0 Å². The predicted octanol–water partition coefficient (Wildman–Crippen LogP) is 7.13. The van der Waals surface area contributed by atoms with Crippen LogP contribution < -0.4 is 5.32 Å². The fourth-order valence-corrected chi connectivity index (χ4v) is 5.15. The van der Waals surface area contributed by atoms with E-state index in [0.29, 0.717) is 12.0 Å². The van der Waals surface area contributed by atoms with Crippen LogP contribution in [0, 0.1) is 0 Å². The van der Waals surface area contributed by atoms with Gasteiger partial charge in [0.05, 0.1) is 13.2 Å². The topological polar surface area (TPSA) is 73.9 Å². The normalized spacial score (nSPS) is 14.1. The Balaban J connectivity index is 3.32. The molecule has 0 saturated carbocycles. The first-order valence-electron chi connectivity index (χ1n) is 10.8. The quantitative estimate of drug-likeness (QED) is 0.170. The second-order valence-electron chi connectivity index (χ2n) is 7.26. The highest BCUT2D eigenvalue weighted by atomic mass is 31.2. The van der Waals surface area contributed by atoms with Crippen molar-refractivity contribution in [1.82, 2.24) is 5.32 Å². The zero-order valence-electron chi connectivity index (χ0n) is 19.3. The molecule has 186 valence electrons. The van der Waals surface area contributed by atoms with Crippen molar-refractivity contribution >= 4 is 13.7 Å². The van der Waals surface area contributed by atoms with Gasteiger partial charge in [0.15, 0.2) is 0 Å². The SMILES string of the molecule is C=C(/C=C/CCCC)CC(NC(=O)OCc1ccccc1)(C(F)(F)F)P(=O)(OCC)OCC. The number of alkyl halides is 3. The summed E-state index contributed by atoms with van der Waals surface area (Å²) in [5.41, 5.74) is 0.581. The first-order valence-corrected chi connectivity index (χ1v) is 12.4. The Morgan fingerprint density at radius 1 is 1.12 bits per heavy atom. The first kappa shape index (κ1) is 28.9. The number of hydrogen-bond acceptors (Lipinski definition) is 5. The summed E-state index contributed by atoms with van der Waals surface area (Å²) in [6, 6.07) is 8.45. The van der Waals surface area contributed by atoms with Crippen molar-refractivity contribution in [3.8, 4) is 0 Å². The number of hydrogen-bond donors (Lipinski definition) is 1. The van der Waals surface area contributed by atoms with Crippen LogP contribution in [0.4, 0.5) is 18.0 Å². The highest BCUT2D eigenvalue weighted by Crippen LogP contribution is 2.66. The number of nitrogens with one attached hydrogen (secondary N) is 1. The molecular formula is C23H33F3NO5P. The molecule has 0 aromatic heterocycles. The van der Waals surface area contributed by atoms with Gasteiger partial charge in [0.25, 0.3) is 0 Å². The number of carbonyl (C=O) groups excluding carboxylic acids is 1. The van der Waals surface area contributed by atoms with Gasteiger partial charge in [0.2, 0.25) is 5.28 Å². The lowest BCUT2D eigenvalue weighted by Crippen LogP contribution is -2.59. The summed E-state index contributed by atoms with van der Waals surface area (Å²) >= 11 is 0. The van der Waals surface area contributed by atoms with E-state index in [0.717, 1.165) is 12.8 Å².